The van der Waals surface area contributed by atoms with Crippen LogP contribution in [-0.2, 0) is 11.3 Å². The largest absolute Gasteiger partial charge is 0.481 e. The number of benzene rings is 2. The predicted octanol–water partition coefficient (Wildman–Crippen LogP) is 5.88. The highest BCUT2D eigenvalue weighted by Gasteiger charge is 2.18. The van der Waals surface area contributed by atoms with Crippen LogP contribution < -0.4 is 10.6 Å². The van der Waals surface area contributed by atoms with E-state index in [1.807, 2.05) is 13.8 Å². The van der Waals surface area contributed by atoms with E-state index in [1.165, 1.54) is 16.7 Å². The summed E-state index contributed by atoms with van der Waals surface area (Å²) < 4.78 is 0. The predicted molar refractivity (Wildman–Crippen MR) is 122 cm³/mol. The van der Waals surface area contributed by atoms with Crippen molar-refractivity contribution in [2.24, 2.45) is 11.8 Å². The highest BCUT2D eigenvalue weighted by molar-refractivity contribution is 6.32. The third kappa shape index (κ3) is 6.22. The lowest BCUT2D eigenvalue weighted by Gasteiger charge is -2.26. The summed E-state index contributed by atoms with van der Waals surface area (Å²) in [4.78, 5) is 11.0. The van der Waals surface area contributed by atoms with Crippen LogP contribution in [0.1, 0.15) is 54.6 Å². The molecule has 0 heterocycles. The molecule has 2 aromatic carbocycles. The van der Waals surface area contributed by atoms with Gasteiger partial charge in [0.15, 0.2) is 0 Å². The lowest BCUT2D eigenvalue weighted by atomic mass is 9.93. The molecule has 3 N–H and O–H groups in total. The number of hydrogen-bond donors (Lipinski definition) is 3. The highest BCUT2D eigenvalue weighted by atomic mass is 35.5. The molecule has 1 unspecified atom stereocenters. The first kappa shape index (κ1) is 23.2. The van der Waals surface area contributed by atoms with Crippen molar-refractivity contribution in [2.75, 3.05) is 11.9 Å². The molecule has 0 saturated carbocycles. The molecule has 0 aliphatic carbocycles. The van der Waals surface area contributed by atoms with Gasteiger partial charge in [-0.2, -0.15) is 0 Å². The van der Waals surface area contributed by atoms with E-state index in [2.05, 4.69) is 61.7 Å². The van der Waals surface area contributed by atoms with Crippen LogP contribution in [0.2, 0.25) is 5.02 Å². The van der Waals surface area contributed by atoms with Gasteiger partial charge in [-0.05, 0) is 66.6 Å². The Balaban J connectivity index is 2.19. The Kier molecular flexibility index (Phi) is 8.12. The highest BCUT2D eigenvalue weighted by Crippen LogP contribution is 2.31. The number of carboxylic acid groups (broad SMARTS) is 1. The van der Waals surface area contributed by atoms with E-state index in [1.54, 1.807) is 6.92 Å². The molecule has 29 heavy (non-hydrogen) atoms. The van der Waals surface area contributed by atoms with Crippen LogP contribution >= 0.6 is 11.6 Å². The van der Waals surface area contributed by atoms with Gasteiger partial charge in [0.25, 0.3) is 0 Å². The zero-order valence-electron chi connectivity index (χ0n) is 18.3. The number of hydrogen-bond acceptors (Lipinski definition) is 3. The number of rotatable bonds is 9. The monoisotopic (exact) mass is 416 g/mol. The van der Waals surface area contributed by atoms with Crippen LogP contribution in [0, 0.1) is 32.6 Å². The molecule has 0 amide bonds. The van der Waals surface area contributed by atoms with Crippen LogP contribution in [0.15, 0.2) is 30.3 Å². The Morgan fingerprint density at radius 3 is 2.21 bits per heavy atom. The lowest BCUT2D eigenvalue weighted by molar-refractivity contribution is -0.140. The molecular weight excluding hydrogens is 384 g/mol. The fourth-order valence-electron chi connectivity index (χ4n) is 3.44. The van der Waals surface area contributed by atoms with E-state index in [0.29, 0.717) is 19.0 Å². The van der Waals surface area contributed by atoms with Gasteiger partial charge < -0.3 is 15.7 Å². The summed E-state index contributed by atoms with van der Waals surface area (Å²) in [5.41, 5.74) is 6.83. The standard InChI is InChI=1S/C24H33ClN2O2/c1-14(2)23(19-9-16(4)22(25)17(5)10-19)27-21-8-7-15(3)20(11-21)13-26-12-18(6)24(28)29/h7-11,14,18,23,26-27H,12-13H2,1-6H3,(H,28,29)/t18-,23?/m0/s1. The third-order valence-electron chi connectivity index (χ3n) is 5.34. The molecule has 4 nitrogen and oxygen atoms in total. The molecule has 0 saturated heterocycles. The first-order valence-electron chi connectivity index (χ1n) is 10.2. The van der Waals surface area contributed by atoms with Gasteiger partial charge >= 0.3 is 5.97 Å². The SMILES string of the molecule is Cc1ccc(NC(c2cc(C)c(Cl)c(C)c2)C(C)C)cc1CNC[C@H](C)C(=O)O. The molecule has 2 atom stereocenters. The summed E-state index contributed by atoms with van der Waals surface area (Å²) in [5.74, 6) is -0.787. The smallest absolute Gasteiger partial charge is 0.307 e. The Bertz CT molecular complexity index is 841. The summed E-state index contributed by atoms with van der Waals surface area (Å²) in [6.07, 6.45) is 0. The normalized spacial score (nSPS) is 13.4. The van der Waals surface area contributed by atoms with Crippen molar-refractivity contribution in [1.29, 1.82) is 0 Å². The zero-order chi connectivity index (χ0) is 21.7. The molecule has 2 rings (SSSR count). The van der Waals surface area contributed by atoms with Gasteiger partial charge in [0, 0.05) is 23.8 Å². The van der Waals surface area contributed by atoms with Crippen molar-refractivity contribution >= 4 is 23.3 Å². The van der Waals surface area contributed by atoms with Gasteiger partial charge in [0.2, 0.25) is 0 Å². The molecule has 0 aliphatic heterocycles. The van der Waals surface area contributed by atoms with Gasteiger partial charge in [0.05, 0.1) is 12.0 Å². The molecule has 2 aromatic rings. The Morgan fingerprint density at radius 1 is 1.03 bits per heavy atom. The molecule has 0 fully saturated rings. The van der Waals surface area contributed by atoms with Gasteiger partial charge in [-0.15, -0.1) is 0 Å². The number of halogens is 1. The van der Waals surface area contributed by atoms with Crippen LogP contribution in [0.25, 0.3) is 0 Å². The third-order valence-corrected chi connectivity index (χ3v) is 5.94. The number of carboxylic acids is 1. The minimum absolute atomic E-state index is 0.167. The zero-order valence-corrected chi connectivity index (χ0v) is 19.0. The minimum atomic E-state index is -0.780. The van der Waals surface area contributed by atoms with Crippen LogP contribution in [-0.4, -0.2) is 17.6 Å². The molecule has 0 aliphatic rings. The van der Waals surface area contributed by atoms with Gasteiger partial charge in [-0.3, -0.25) is 4.79 Å². The maximum atomic E-state index is 11.0. The van der Waals surface area contributed by atoms with E-state index < -0.39 is 11.9 Å². The molecule has 5 heteroatoms. The Hall–Kier alpha value is -2.04. The first-order chi connectivity index (χ1) is 13.6. The molecule has 158 valence electrons. The Labute approximate surface area is 179 Å². The van der Waals surface area contributed by atoms with Crippen LogP contribution in [0.4, 0.5) is 5.69 Å². The van der Waals surface area contributed by atoms with Gasteiger partial charge in [-0.25, -0.2) is 0 Å². The minimum Gasteiger partial charge on any atom is -0.481 e. The summed E-state index contributed by atoms with van der Waals surface area (Å²) >= 11 is 6.36. The number of anilines is 1. The second kappa shape index (κ2) is 10.1. The number of aryl methyl sites for hydroxylation is 3. The first-order valence-corrected chi connectivity index (χ1v) is 10.5. The summed E-state index contributed by atoms with van der Waals surface area (Å²) in [5, 5.41) is 16.8. The second-order valence-electron chi connectivity index (χ2n) is 8.35. The van der Waals surface area contributed by atoms with E-state index in [9.17, 15) is 4.79 Å². The number of aliphatic carboxylic acids is 1. The van der Waals surface area contributed by atoms with E-state index in [-0.39, 0.29) is 6.04 Å². The molecular formula is C24H33ClN2O2. The Morgan fingerprint density at radius 2 is 1.66 bits per heavy atom. The van der Waals surface area contributed by atoms with Crippen molar-refractivity contribution in [2.45, 2.75) is 54.1 Å². The van der Waals surface area contributed by atoms with Crippen molar-refractivity contribution in [3.8, 4) is 0 Å². The van der Waals surface area contributed by atoms with E-state index in [4.69, 9.17) is 16.7 Å². The average molecular weight is 417 g/mol. The summed E-state index contributed by atoms with van der Waals surface area (Å²) in [6, 6.07) is 10.9. The molecule has 0 aromatic heterocycles. The van der Waals surface area contributed by atoms with Crippen molar-refractivity contribution in [3.05, 3.63) is 63.2 Å². The van der Waals surface area contributed by atoms with Crippen molar-refractivity contribution in [3.63, 3.8) is 0 Å². The molecule has 0 radical (unpaired) electrons. The van der Waals surface area contributed by atoms with Crippen molar-refractivity contribution in [1.82, 2.24) is 5.32 Å². The molecule has 0 spiro atoms. The lowest BCUT2D eigenvalue weighted by Crippen LogP contribution is -2.26. The van der Waals surface area contributed by atoms with Crippen LogP contribution in [0.3, 0.4) is 0 Å². The maximum absolute atomic E-state index is 11.0. The maximum Gasteiger partial charge on any atom is 0.307 e. The molecule has 0 bridgehead atoms. The number of carbonyl (C=O) groups is 1. The van der Waals surface area contributed by atoms with E-state index >= 15 is 0 Å². The number of nitrogens with one attached hydrogen (secondary N) is 2. The summed E-state index contributed by atoms with van der Waals surface area (Å²) in [6.45, 7) is 13.4. The van der Waals surface area contributed by atoms with Gasteiger partial charge in [-0.1, -0.05) is 50.6 Å². The van der Waals surface area contributed by atoms with Gasteiger partial charge in [0.1, 0.15) is 0 Å². The van der Waals surface area contributed by atoms with Crippen molar-refractivity contribution < 1.29 is 9.90 Å². The fourth-order valence-corrected chi connectivity index (χ4v) is 3.54. The average Bonchev–Trinajstić information content (AvgIpc) is 2.65. The quantitative estimate of drug-likeness (QED) is 0.477. The second-order valence-corrected chi connectivity index (χ2v) is 8.72. The van der Waals surface area contributed by atoms with E-state index in [0.717, 1.165) is 21.8 Å². The fraction of sp³-hybridized carbons (Fsp3) is 0.458. The topological polar surface area (TPSA) is 61.4 Å². The summed E-state index contributed by atoms with van der Waals surface area (Å²) in [7, 11) is 0. The van der Waals surface area contributed by atoms with Crippen LogP contribution in [0.5, 0.6) is 0 Å².